The predicted molar refractivity (Wildman–Crippen MR) is 79.3 cm³/mol. The molecule has 2 aromatic carbocycles. The minimum Gasteiger partial charge on any atom is -0.319 e. The van der Waals surface area contributed by atoms with Crippen molar-refractivity contribution in [3.05, 3.63) is 63.1 Å². The molecule has 6 heteroatoms. The van der Waals surface area contributed by atoms with Gasteiger partial charge < -0.3 is 5.32 Å². The van der Waals surface area contributed by atoms with Crippen molar-refractivity contribution in [3.8, 4) is 0 Å². The van der Waals surface area contributed by atoms with Crippen molar-refractivity contribution in [1.82, 2.24) is 0 Å². The van der Waals surface area contributed by atoms with Crippen molar-refractivity contribution in [2.24, 2.45) is 0 Å². The monoisotopic (exact) mass is 325 g/mol. The minimum atomic E-state index is -0.711. The van der Waals surface area contributed by atoms with Gasteiger partial charge in [0.2, 0.25) is 0 Å². The van der Waals surface area contributed by atoms with Gasteiger partial charge in [-0.25, -0.2) is 8.78 Å². The van der Waals surface area contributed by atoms with Crippen molar-refractivity contribution < 1.29 is 13.6 Å². The molecular formula is C15H7Cl2F2NO. The molecule has 2 nitrogen and oxygen atoms in total. The topological polar surface area (TPSA) is 29.1 Å². The Morgan fingerprint density at radius 3 is 2.48 bits per heavy atom. The van der Waals surface area contributed by atoms with E-state index >= 15 is 0 Å². The fourth-order valence-electron chi connectivity index (χ4n) is 2.13. The van der Waals surface area contributed by atoms with E-state index in [1.807, 2.05) is 0 Å². The molecule has 0 bridgehead atoms. The number of amides is 1. The maximum atomic E-state index is 13.9. The van der Waals surface area contributed by atoms with Gasteiger partial charge in [-0.3, -0.25) is 4.79 Å². The smallest absolute Gasteiger partial charge is 0.256 e. The summed E-state index contributed by atoms with van der Waals surface area (Å²) in [6, 6.07) is 7.30. The van der Waals surface area contributed by atoms with E-state index in [0.717, 1.165) is 0 Å². The van der Waals surface area contributed by atoms with Gasteiger partial charge in [0.25, 0.3) is 5.91 Å². The second kappa shape index (κ2) is 5.13. The van der Waals surface area contributed by atoms with Crippen LogP contribution in [0.2, 0.25) is 10.0 Å². The van der Waals surface area contributed by atoms with Crippen LogP contribution in [0, 0.1) is 11.6 Å². The Morgan fingerprint density at radius 1 is 1.00 bits per heavy atom. The predicted octanol–water partition coefficient (Wildman–Crippen LogP) is 4.76. The molecule has 1 aliphatic rings. The van der Waals surface area contributed by atoms with Gasteiger partial charge in [0.15, 0.2) is 5.82 Å². The van der Waals surface area contributed by atoms with Gasteiger partial charge in [-0.05, 0) is 18.2 Å². The van der Waals surface area contributed by atoms with Crippen LogP contribution < -0.4 is 5.32 Å². The van der Waals surface area contributed by atoms with E-state index in [9.17, 15) is 13.6 Å². The molecule has 0 aromatic heterocycles. The summed E-state index contributed by atoms with van der Waals surface area (Å²) in [6.45, 7) is 0. The number of hydrogen-bond donors (Lipinski definition) is 1. The van der Waals surface area contributed by atoms with Crippen LogP contribution in [0.1, 0.15) is 11.1 Å². The zero-order valence-electron chi connectivity index (χ0n) is 10.4. The van der Waals surface area contributed by atoms with E-state index < -0.39 is 17.5 Å². The molecule has 0 aliphatic carbocycles. The zero-order valence-corrected chi connectivity index (χ0v) is 11.9. The third kappa shape index (κ3) is 2.30. The van der Waals surface area contributed by atoms with Gasteiger partial charge in [0.1, 0.15) is 5.82 Å². The summed E-state index contributed by atoms with van der Waals surface area (Å²) in [7, 11) is 0. The molecular weight excluding hydrogens is 319 g/mol. The number of benzene rings is 2. The molecule has 0 unspecified atom stereocenters. The lowest BCUT2D eigenvalue weighted by Gasteiger charge is -2.02. The molecule has 106 valence electrons. The number of carbonyl (C=O) groups is 1. The fraction of sp³-hybridized carbons (Fsp3) is 0. The third-order valence-corrected chi connectivity index (χ3v) is 3.73. The first-order valence-electron chi connectivity index (χ1n) is 5.94. The summed E-state index contributed by atoms with van der Waals surface area (Å²) >= 11 is 11.4. The molecule has 21 heavy (non-hydrogen) atoms. The average Bonchev–Trinajstić information content (AvgIpc) is 2.77. The molecule has 0 saturated heterocycles. The lowest BCUT2D eigenvalue weighted by molar-refractivity contribution is -0.110. The van der Waals surface area contributed by atoms with E-state index in [0.29, 0.717) is 5.56 Å². The third-order valence-electron chi connectivity index (χ3n) is 3.15. The van der Waals surface area contributed by atoms with Crippen LogP contribution in [0.5, 0.6) is 0 Å². The molecule has 0 fully saturated rings. The maximum Gasteiger partial charge on any atom is 0.256 e. The van der Waals surface area contributed by atoms with Crippen LogP contribution in [0.25, 0.3) is 11.6 Å². The Labute approximate surface area is 129 Å². The Balaban J connectivity index is 2.17. The highest BCUT2D eigenvalue weighted by Crippen LogP contribution is 2.38. The van der Waals surface area contributed by atoms with Gasteiger partial charge >= 0.3 is 0 Å². The Morgan fingerprint density at radius 2 is 1.71 bits per heavy atom. The van der Waals surface area contributed by atoms with Crippen molar-refractivity contribution in [3.63, 3.8) is 0 Å². The van der Waals surface area contributed by atoms with Crippen LogP contribution in [0.15, 0.2) is 30.3 Å². The normalized spacial score (nSPS) is 15.2. The van der Waals surface area contributed by atoms with Crippen molar-refractivity contribution in [2.75, 3.05) is 5.32 Å². The van der Waals surface area contributed by atoms with Gasteiger partial charge in [-0.1, -0.05) is 41.4 Å². The second-order valence-corrected chi connectivity index (χ2v) is 5.25. The highest BCUT2D eigenvalue weighted by Gasteiger charge is 2.28. The molecule has 1 heterocycles. The van der Waals surface area contributed by atoms with E-state index in [1.165, 1.54) is 30.3 Å². The summed E-state index contributed by atoms with van der Waals surface area (Å²) in [5.74, 6) is -1.87. The summed E-state index contributed by atoms with van der Waals surface area (Å²) in [4.78, 5) is 12.0. The van der Waals surface area contributed by atoms with Crippen LogP contribution in [0.4, 0.5) is 14.5 Å². The SMILES string of the molecule is O=C1Nc2c(ccc(Cl)c2F)/C1=C/c1cccc(Cl)c1F. The molecule has 1 amide bonds. The summed E-state index contributed by atoms with van der Waals surface area (Å²) in [6.07, 6.45) is 1.33. The zero-order chi connectivity index (χ0) is 15.1. The number of fused-ring (bicyclic) bond motifs is 1. The van der Waals surface area contributed by atoms with Gasteiger partial charge in [0, 0.05) is 16.7 Å². The number of nitrogens with one attached hydrogen (secondary N) is 1. The lowest BCUT2D eigenvalue weighted by Crippen LogP contribution is -2.04. The fourth-order valence-corrected chi connectivity index (χ4v) is 2.47. The van der Waals surface area contributed by atoms with Crippen LogP contribution in [-0.4, -0.2) is 5.91 Å². The Hall–Kier alpha value is -1.91. The highest BCUT2D eigenvalue weighted by atomic mass is 35.5. The second-order valence-electron chi connectivity index (χ2n) is 4.44. The summed E-state index contributed by atoms with van der Waals surface area (Å²) in [5.41, 5.74) is 0.639. The molecule has 0 atom stereocenters. The first kappa shape index (κ1) is 14.0. The molecule has 0 spiro atoms. The average molecular weight is 326 g/mol. The van der Waals surface area contributed by atoms with E-state index in [1.54, 1.807) is 6.07 Å². The van der Waals surface area contributed by atoms with Gasteiger partial charge in [0.05, 0.1) is 15.7 Å². The van der Waals surface area contributed by atoms with Crippen molar-refractivity contribution in [1.29, 1.82) is 0 Å². The van der Waals surface area contributed by atoms with E-state index in [4.69, 9.17) is 23.2 Å². The number of halogens is 4. The van der Waals surface area contributed by atoms with E-state index in [-0.39, 0.29) is 26.9 Å². The first-order valence-corrected chi connectivity index (χ1v) is 6.70. The van der Waals surface area contributed by atoms with Gasteiger partial charge in [-0.2, -0.15) is 0 Å². The van der Waals surface area contributed by atoms with Crippen LogP contribution >= 0.6 is 23.2 Å². The number of carbonyl (C=O) groups excluding carboxylic acids is 1. The van der Waals surface area contributed by atoms with Crippen LogP contribution in [-0.2, 0) is 4.79 Å². The molecule has 2 aromatic rings. The number of anilines is 1. The Kier molecular flexibility index (Phi) is 3.43. The standard InChI is InChI=1S/C15H7Cl2F2NO/c16-10-3-1-2-7(12(10)18)6-9-8-4-5-11(17)13(19)14(8)20-15(9)21/h1-6H,(H,20,21)/b9-6-. The number of rotatable bonds is 1. The largest absolute Gasteiger partial charge is 0.319 e. The summed E-state index contributed by atoms with van der Waals surface area (Å²) in [5, 5.41) is 2.24. The molecule has 0 radical (unpaired) electrons. The molecule has 0 saturated carbocycles. The highest BCUT2D eigenvalue weighted by molar-refractivity contribution is 6.37. The summed E-state index contributed by atoms with van der Waals surface area (Å²) < 4.78 is 27.8. The lowest BCUT2D eigenvalue weighted by atomic mass is 10.0. The molecule has 3 rings (SSSR count). The molecule has 1 N–H and O–H groups in total. The van der Waals surface area contributed by atoms with Crippen molar-refractivity contribution in [2.45, 2.75) is 0 Å². The quantitative estimate of drug-likeness (QED) is 0.752. The molecule has 1 aliphatic heterocycles. The van der Waals surface area contributed by atoms with Crippen molar-refractivity contribution >= 4 is 46.4 Å². The van der Waals surface area contributed by atoms with Gasteiger partial charge in [-0.15, -0.1) is 0 Å². The first-order chi connectivity index (χ1) is 9.99. The van der Waals surface area contributed by atoms with Crippen LogP contribution in [0.3, 0.4) is 0 Å². The Bertz CT molecular complexity index is 803. The number of hydrogen-bond acceptors (Lipinski definition) is 1. The van der Waals surface area contributed by atoms with E-state index in [2.05, 4.69) is 5.32 Å². The maximum absolute atomic E-state index is 13.9. The minimum absolute atomic E-state index is 0.00110.